The minimum atomic E-state index is -0.805. The third kappa shape index (κ3) is 11.0. The van der Waals surface area contributed by atoms with Gasteiger partial charge in [-0.3, -0.25) is 4.79 Å². The normalized spacial score (nSPS) is 10.5. The maximum atomic E-state index is 14.0. The molecule has 0 saturated heterocycles. The molecule has 52 heavy (non-hydrogen) atoms. The Balaban J connectivity index is 2.19. The number of carbonyl (C=O) groups excluding carboxylic acids is 5. The first-order valence-electron chi connectivity index (χ1n) is 16.0. The number of unbranched alkanes of at least 4 members (excludes halogenated alkanes) is 1. The summed E-state index contributed by atoms with van der Waals surface area (Å²) >= 11 is 0. The molecule has 0 aliphatic heterocycles. The molecule has 0 spiro atoms. The smallest absolute Gasteiger partial charge is 0.338 e. The van der Waals surface area contributed by atoms with Gasteiger partial charge in [0, 0.05) is 33.4 Å². The zero-order chi connectivity index (χ0) is 38.5. The predicted molar refractivity (Wildman–Crippen MR) is 194 cm³/mol. The van der Waals surface area contributed by atoms with Gasteiger partial charge in [-0.05, 0) is 88.2 Å². The first-order valence-corrected chi connectivity index (χ1v) is 16.0. The topological polar surface area (TPSA) is 141 Å². The Morgan fingerprint density at radius 1 is 0.615 bits per heavy atom. The van der Waals surface area contributed by atoms with E-state index in [4.69, 9.17) is 28.4 Å². The monoisotopic (exact) mass is 708 g/mol. The summed E-state index contributed by atoms with van der Waals surface area (Å²) in [4.78, 5) is 63.3. The number of ether oxygens (including phenoxy) is 6. The van der Waals surface area contributed by atoms with Crippen molar-refractivity contribution in [2.24, 2.45) is 0 Å². The van der Waals surface area contributed by atoms with Crippen LogP contribution in [-0.2, 0) is 23.9 Å². The van der Waals surface area contributed by atoms with Crippen LogP contribution in [0.2, 0.25) is 0 Å². The lowest BCUT2D eigenvalue weighted by Crippen LogP contribution is -2.14. The van der Waals surface area contributed by atoms with Crippen molar-refractivity contribution in [3.63, 3.8) is 0 Å². The van der Waals surface area contributed by atoms with E-state index in [9.17, 15) is 24.0 Å². The van der Waals surface area contributed by atoms with Crippen molar-refractivity contribution in [2.45, 2.75) is 47.5 Å². The van der Waals surface area contributed by atoms with Crippen molar-refractivity contribution in [1.82, 2.24) is 0 Å². The Morgan fingerprint density at radius 2 is 1.19 bits per heavy atom. The van der Waals surface area contributed by atoms with E-state index in [0.29, 0.717) is 12.2 Å². The van der Waals surface area contributed by atoms with Crippen molar-refractivity contribution >= 4 is 29.7 Å². The van der Waals surface area contributed by atoms with Crippen LogP contribution in [0.15, 0.2) is 116 Å². The predicted octanol–water partition coefficient (Wildman–Crippen LogP) is 8.18. The number of hydrogen-bond acceptors (Lipinski definition) is 11. The molecular weight excluding hydrogens is 668 g/mol. The molecule has 0 aliphatic rings. The molecule has 0 N–H and O–H groups in total. The van der Waals surface area contributed by atoms with Gasteiger partial charge < -0.3 is 28.4 Å². The molecule has 0 bridgehead atoms. The van der Waals surface area contributed by atoms with Crippen LogP contribution in [0.4, 0.5) is 0 Å². The molecule has 0 amide bonds. The fourth-order valence-electron chi connectivity index (χ4n) is 4.03. The summed E-state index contributed by atoms with van der Waals surface area (Å²) in [5.41, 5.74) is 1.25. The molecule has 270 valence electrons. The number of esters is 4. The van der Waals surface area contributed by atoms with Gasteiger partial charge in [-0.25, -0.2) is 19.2 Å². The molecule has 3 aromatic carbocycles. The average Bonchev–Trinajstić information content (AvgIpc) is 3.10. The molecule has 11 nitrogen and oxygen atoms in total. The minimum absolute atomic E-state index is 0.0572. The number of rotatable bonds is 17. The van der Waals surface area contributed by atoms with Crippen LogP contribution >= 0.6 is 0 Å². The first kappa shape index (κ1) is 39.9. The van der Waals surface area contributed by atoms with Crippen LogP contribution in [0, 0.1) is 0 Å². The molecule has 0 heterocycles. The standard InChI is InChI=1S/C41H40O11/c1-10-11-18-47-36-21-29(14-17-33(36)48-19-20-49-38(43)24(2)3)31-22-35(52-41(46)27(8)9)32(23-34(31)51-40(45)26(6)7)37(42)28-12-15-30(16-13-28)50-39(44)25(4)5/h12-17,19-23H,2,4,6,8,10-11,18H2,1,3,5,7,9H3/b20-19+. The molecule has 0 radical (unpaired) electrons. The van der Waals surface area contributed by atoms with E-state index < -0.39 is 29.7 Å². The van der Waals surface area contributed by atoms with Gasteiger partial charge in [-0.2, -0.15) is 0 Å². The summed E-state index contributed by atoms with van der Waals surface area (Å²) in [5, 5.41) is 0. The molecular formula is C41H40O11. The maximum Gasteiger partial charge on any atom is 0.338 e. The quantitative estimate of drug-likeness (QED) is 0.0335. The summed E-state index contributed by atoms with van der Waals surface area (Å²) in [7, 11) is 0. The van der Waals surface area contributed by atoms with E-state index in [1.807, 2.05) is 6.92 Å². The van der Waals surface area contributed by atoms with Gasteiger partial charge in [0.2, 0.25) is 0 Å². The number of benzene rings is 3. The Morgan fingerprint density at radius 3 is 1.77 bits per heavy atom. The SMILES string of the molecule is C=C(C)C(=O)O/C=C/Oc1ccc(-c2cc(OC(=O)C(=C)C)c(C(=O)c3ccc(OC(=O)C(=C)C)cc3)cc2OC(=O)C(=C)C)cc1OCCCC. The lowest BCUT2D eigenvalue weighted by Gasteiger charge is -2.18. The van der Waals surface area contributed by atoms with Gasteiger partial charge in [0.1, 0.15) is 29.8 Å². The third-order valence-corrected chi connectivity index (χ3v) is 6.89. The van der Waals surface area contributed by atoms with Gasteiger partial charge in [-0.15, -0.1) is 0 Å². The molecule has 3 rings (SSSR count). The zero-order valence-corrected chi connectivity index (χ0v) is 29.8. The van der Waals surface area contributed by atoms with Crippen molar-refractivity contribution in [3.8, 4) is 39.9 Å². The van der Waals surface area contributed by atoms with Crippen molar-refractivity contribution < 1.29 is 52.4 Å². The highest BCUT2D eigenvalue weighted by Gasteiger charge is 2.24. The lowest BCUT2D eigenvalue weighted by atomic mass is 9.96. The Bertz CT molecular complexity index is 1960. The van der Waals surface area contributed by atoms with Crippen LogP contribution < -0.4 is 23.7 Å². The Hall–Kier alpha value is -6.49. The van der Waals surface area contributed by atoms with Crippen LogP contribution in [0.5, 0.6) is 28.7 Å². The lowest BCUT2D eigenvalue weighted by molar-refractivity contribution is -0.134. The zero-order valence-electron chi connectivity index (χ0n) is 29.8. The molecule has 0 atom stereocenters. The largest absolute Gasteiger partial charge is 0.490 e. The van der Waals surface area contributed by atoms with Crippen molar-refractivity contribution in [2.75, 3.05) is 6.61 Å². The minimum Gasteiger partial charge on any atom is -0.490 e. The summed E-state index contributed by atoms with van der Waals surface area (Å²) in [6.07, 6.45) is 3.81. The maximum absolute atomic E-state index is 14.0. The molecule has 3 aromatic rings. The van der Waals surface area contributed by atoms with Crippen molar-refractivity contribution in [3.05, 3.63) is 127 Å². The van der Waals surface area contributed by atoms with Crippen molar-refractivity contribution in [1.29, 1.82) is 0 Å². The van der Waals surface area contributed by atoms with Crippen LogP contribution in [0.25, 0.3) is 11.1 Å². The van der Waals surface area contributed by atoms with Gasteiger partial charge in [0.25, 0.3) is 0 Å². The Labute approximate surface area is 302 Å². The second kappa shape index (κ2) is 18.5. The van der Waals surface area contributed by atoms with E-state index in [1.165, 1.54) is 64.1 Å². The molecule has 0 unspecified atom stereocenters. The highest BCUT2D eigenvalue weighted by molar-refractivity contribution is 6.12. The molecule has 0 aromatic heterocycles. The Kier molecular flexibility index (Phi) is 14.2. The van der Waals surface area contributed by atoms with Gasteiger partial charge in [0.15, 0.2) is 17.3 Å². The fraction of sp³-hybridized carbons (Fsp3) is 0.195. The van der Waals surface area contributed by atoms with Gasteiger partial charge >= 0.3 is 23.9 Å². The molecule has 11 heteroatoms. The van der Waals surface area contributed by atoms with E-state index in [2.05, 4.69) is 26.3 Å². The van der Waals surface area contributed by atoms with Crippen LogP contribution in [0.3, 0.4) is 0 Å². The van der Waals surface area contributed by atoms with Gasteiger partial charge in [0.05, 0.1) is 12.2 Å². The summed E-state index contributed by atoms with van der Waals surface area (Å²) in [5.74, 6) is -2.93. The second-order valence-electron chi connectivity index (χ2n) is 11.6. The summed E-state index contributed by atoms with van der Waals surface area (Å²) < 4.78 is 33.2. The van der Waals surface area contributed by atoms with E-state index in [1.54, 1.807) is 18.2 Å². The van der Waals surface area contributed by atoms with Crippen LogP contribution in [0.1, 0.15) is 63.4 Å². The first-order chi connectivity index (χ1) is 24.6. The van der Waals surface area contributed by atoms with E-state index in [0.717, 1.165) is 25.4 Å². The number of carbonyl (C=O) groups is 5. The number of ketones is 1. The number of hydrogen-bond donors (Lipinski definition) is 0. The fourth-order valence-corrected chi connectivity index (χ4v) is 4.03. The second-order valence-corrected chi connectivity index (χ2v) is 11.6. The molecule has 0 aliphatic carbocycles. The molecule has 0 saturated carbocycles. The van der Waals surface area contributed by atoms with E-state index in [-0.39, 0.29) is 67.7 Å². The summed E-state index contributed by atoms with van der Waals surface area (Å²) in [6, 6.07) is 13.2. The van der Waals surface area contributed by atoms with E-state index >= 15 is 0 Å². The molecule has 0 fully saturated rings. The highest BCUT2D eigenvalue weighted by atomic mass is 16.6. The van der Waals surface area contributed by atoms with Gasteiger partial charge in [-0.1, -0.05) is 45.7 Å². The highest BCUT2D eigenvalue weighted by Crippen LogP contribution is 2.41. The third-order valence-electron chi connectivity index (χ3n) is 6.89. The van der Waals surface area contributed by atoms with Crippen LogP contribution in [-0.4, -0.2) is 36.3 Å². The summed E-state index contributed by atoms with van der Waals surface area (Å²) in [6.45, 7) is 22.6. The average molecular weight is 709 g/mol.